The molecule has 0 aromatic carbocycles. The molecule has 2 amide bonds. The van der Waals surface area contributed by atoms with Crippen LogP contribution in [0.25, 0.3) is 0 Å². The van der Waals surface area contributed by atoms with Crippen molar-refractivity contribution < 1.29 is 125 Å². The Hall–Kier alpha value is -0.380. The minimum atomic E-state index is -5.09. The molecule has 0 aromatic heterocycles. The molecule has 0 fully saturated rings. The number of carboxylic acid groups (broad SMARTS) is 2. The molecule has 6 N–H and O–H groups in total. The zero-order valence-electron chi connectivity index (χ0n) is 14.3. The maximum atomic E-state index is 10.5. The molecule has 152 valence electrons. The first-order valence-electron chi connectivity index (χ1n) is 5.78. The van der Waals surface area contributed by atoms with Crippen LogP contribution in [0.3, 0.4) is 0 Å². The van der Waals surface area contributed by atoms with Gasteiger partial charge in [0.15, 0.2) is 5.25 Å². The number of nitrogens with one attached hydrogen (secondary N) is 2. The number of carbonyl (C=O) groups is 4. The number of carbonyl (C=O) groups excluding carboxylic acids is 2. The number of hydroxylamine groups is 2. The van der Waals surface area contributed by atoms with Crippen LogP contribution in [-0.4, -0.2) is 80.8 Å². The van der Waals surface area contributed by atoms with E-state index in [1.54, 1.807) is 0 Å². The van der Waals surface area contributed by atoms with Crippen LogP contribution in [0.15, 0.2) is 0 Å². The average molecular weight is 470 g/mol. The number of aliphatic carboxylic acids is 2. The van der Waals surface area contributed by atoms with Crippen LogP contribution >= 0.6 is 0 Å². The molecule has 0 saturated carbocycles. The van der Waals surface area contributed by atoms with Crippen LogP contribution in [0.4, 0.5) is 0 Å². The van der Waals surface area contributed by atoms with Gasteiger partial charge in [0.2, 0.25) is 5.91 Å². The number of carboxylic acids is 2. The van der Waals surface area contributed by atoms with Gasteiger partial charge in [0.1, 0.15) is 25.5 Å². The third-order valence-electron chi connectivity index (χ3n) is 2.23. The molecule has 0 aliphatic heterocycles. The fraction of sp³-hybridized carbons (Fsp3) is 0.500. The van der Waals surface area contributed by atoms with E-state index in [2.05, 4.69) is 0 Å². The molecule has 0 aromatic rings. The van der Waals surface area contributed by atoms with Gasteiger partial charge < -0.3 is 19.3 Å². The van der Waals surface area contributed by atoms with Crippen molar-refractivity contribution in [3.63, 3.8) is 0 Å². The number of hydrogen-bond donors (Lipinski definition) is 6. The van der Waals surface area contributed by atoms with E-state index in [4.69, 9.17) is 20.6 Å². The molecule has 0 rings (SSSR count). The maximum absolute atomic E-state index is 10.5. The standard InChI is InChI=1S/2C4H7NO7S.2Na/c6-3(7)1-2(4(8)5-9)13(10,11)12;6-3(5-9)1-2(4(7)8)13(10,11)12;;/h2,9H,1H2,(H,5,8)(H,6,7)(H,10,11,12);2,9H,1H2,(H,5,6)(H,7,8)(H,10,11,12);;/q;;2*+1/p-2. The summed E-state index contributed by atoms with van der Waals surface area (Å²) in [6, 6.07) is 0. The fourth-order valence-corrected chi connectivity index (χ4v) is 2.35. The summed E-state index contributed by atoms with van der Waals surface area (Å²) >= 11 is 0. The molecule has 16 nitrogen and oxygen atoms in total. The van der Waals surface area contributed by atoms with E-state index < -0.39 is 67.3 Å². The van der Waals surface area contributed by atoms with Gasteiger partial charge in [0, 0.05) is 0 Å². The van der Waals surface area contributed by atoms with Crippen molar-refractivity contribution in [2.24, 2.45) is 0 Å². The molecule has 2 atom stereocenters. The summed E-state index contributed by atoms with van der Waals surface area (Å²) in [7, 11) is -10.2. The molecule has 0 saturated heterocycles. The third kappa shape index (κ3) is 15.5. The van der Waals surface area contributed by atoms with Gasteiger partial charge in [-0.05, 0) is 0 Å². The Labute approximate surface area is 201 Å². The summed E-state index contributed by atoms with van der Waals surface area (Å²) in [6.07, 6.45) is -2.30. The number of hydrogen-bond acceptors (Lipinski definition) is 12. The van der Waals surface area contributed by atoms with E-state index in [0.717, 1.165) is 11.0 Å². The fourth-order valence-electron chi connectivity index (χ4n) is 1.08. The van der Waals surface area contributed by atoms with E-state index in [-0.39, 0.29) is 59.1 Å². The van der Waals surface area contributed by atoms with Gasteiger partial charge in [-0.25, -0.2) is 27.8 Å². The number of rotatable bonds is 8. The Morgan fingerprint density at radius 2 is 1.18 bits per heavy atom. The molecule has 0 radical (unpaired) electrons. The molecular weight excluding hydrogens is 458 g/mol. The third-order valence-corrected chi connectivity index (χ3v) is 4.37. The van der Waals surface area contributed by atoms with Gasteiger partial charge >= 0.3 is 71.1 Å². The largest absolute Gasteiger partial charge is 1.00 e. The van der Waals surface area contributed by atoms with Crippen molar-refractivity contribution in [3.05, 3.63) is 0 Å². The second-order valence-electron chi connectivity index (χ2n) is 4.11. The monoisotopic (exact) mass is 470 g/mol. The van der Waals surface area contributed by atoms with Crippen molar-refractivity contribution in [1.29, 1.82) is 0 Å². The summed E-state index contributed by atoms with van der Waals surface area (Å²) in [5.74, 6) is -6.38. The minimum Gasteiger partial charge on any atom is -0.747 e. The number of amides is 2. The van der Waals surface area contributed by atoms with Crippen LogP contribution in [0, 0.1) is 0 Å². The normalized spacial score (nSPS) is 12.4. The van der Waals surface area contributed by atoms with Crippen molar-refractivity contribution >= 4 is 44.0 Å². The Balaban J connectivity index is -0.000000192. The first kappa shape index (κ1) is 35.1. The van der Waals surface area contributed by atoms with Gasteiger partial charge in [-0.3, -0.25) is 29.6 Å². The Kier molecular flexibility index (Phi) is 19.4. The molecule has 0 aliphatic rings. The Morgan fingerprint density at radius 3 is 1.39 bits per heavy atom. The predicted octanol–water partition coefficient (Wildman–Crippen LogP) is -10.2. The topological polar surface area (TPSA) is 288 Å². The quantitative estimate of drug-likeness (QED) is 0.0831. The van der Waals surface area contributed by atoms with Crippen molar-refractivity contribution in [3.8, 4) is 0 Å². The molecule has 20 heteroatoms. The summed E-state index contributed by atoms with van der Waals surface area (Å²) in [5.41, 5.74) is 1.91. The second-order valence-corrected chi connectivity index (χ2v) is 7.22. The van der Waals surface area contributed by atoms with Crippen molar-refractivity contribution in [2.75, 3.05) is 0 Å². The predicted molar refractivity (Wildman–Crippen MR) is 71.3 cm³/mol. The Morgan fingerprint density at radius 1 is 0.786 bits per heavy atom. The first-order chi connectivity index (χ1) is 11.6. The summed E-state index contributed by atoms with van der Waals surface area (Å²) in [4.78, 5) is 41.0. The zero-order chi connectivity index (χ0) is 21.3. The summed E-state index contributed by atoms with van der Waals surface area (Å²) < 4.78 is 61.5. The van der Waals surface area contributed by atoms with E-state index in [1.807, 2.05) is 0 Å². The minimum absolute atomic E-state index is 0. The molecule has 0 aliphatic carbocycles. The molecule has 0 spiro atoms. The van der Waals surface area contributed by atoms with Gasteiger partial charge in [-0.15, -0.1) is 0 Å². The molecule has 0 bridgehead atoms. The van der Waals surface area contributed by atoms with E-state index in [1.165, 1.54) is 0 Å². The van der Waals surface area contributed by atoms with Gasteiger partial charge in [0.05, 0.1) is 12.8 Å². The zero-order valence-corrected chi connectivity index (χ0v) is 19.9. The van der Waals surface area contributed by atoms with Crippen molar-refractivity contribution in [1.82, 2.24) is 11.0 Å². The second kappa shape index (κ2) is 15.5. The van der Waals surface area contributed by atoms with E-state index >= 15 is 0 Å². The molecular formula is C8H12N2Na2O14S2. The molecule has 2 unspecified atom stereocenters. The van der Waals surface area contributed by atoms with E-state index in [9.17, 15) is 45.1 Å². The van der Waals surface area contributed by atoms with Crippen LogP contribution in [0.5, 0.6) is 0 Å². The van der Waals surface area contributed by atoms with Gasteiger partial charge in [-0.2, -0.15) is 0 Å². The van der Waals surface area contributed by atoms with Crippen LogP contribution in [-0.2, 0) is 39.4 Å². The van der Waals surface area contributed by atoms with Crippen LogP contribution < -0.4 is 70.1 Å². The smallest absolute Gasteiger partial charge is 0.747 e. The SMILES string of the molecule is O=C(CC(C(=O)O)S(=O)(=O)[O-])NO.O=C(O)CC(C(=O)NO)S(=O)(=O)[O-].[Na+].[Na+]. The maximum Gasteiger partial charge on any atom is 1.00 e. The van der Waals surface area contributed by atoms with E-state index in [0.29, 0.717) is 0 Å². The van der Waals surface area contributed by atoms with Crippen molar-refractivity contribution in [2.45, 2.75) is 23.3 Å². The van der Waals surface area contributed by atoms with Crippen LogP contribution in [0.2, 0.25) is 0 Å². The Bertz CT molecular complexity index is 751. The molecule has 28 heavy (non-hydrogen) atoms. The van der Waals surface area contributed by atoms with Gasteiger partial charge in [0.25, 0.3) is 5.91 Å². The molecule has 0 heterocycles. The van der Waals surface area contributed by atoms with Gasteiger partial charge in [-0.1, -0.05) is 0 Å². The first-order valence-corrected chi connectivity index (χ1v) is 8.73. The van der Waals surface area contributed by atoms with Crippen LogP contribution in [0.1, 0.15) is 12.8 Å². The summed E-state index contributed by atoms with van der Waals surface area (Å²) in [6.45, 7) is 0. The summed E-state index contributed by atoms with van der Waals surface area (Å²) in [5, 5.41) is 27.6. The average Bonchev–Trinajstić information content (AvgIpc) is 2.47.